The van der Waals surface area contributed by atoms with Gasteiger partial charge in [0.05, 0.1) is 10.4 Å². The van der Waals surface area contributed by atoms with Crippen molar-refractivity contribution in [3.8, 4) is 33.5 Å². The third kappa shape index (κ3) is 4.97. The minimum absolute atomic E-state index is 0.981. The molecule has 2 nitrogen and oxygen atoms in total. The number of aromatic nitrogens is 1. The maximum Gasteiger partial charge on any atom is 0.0709 e. The highest BCUT2D eigenvalue weighted by Crippen LogP contribution is 2.41. The molecule has 0 aliphatic carbocycles. The van der Waals surface area contributed by atoms with E-state index >= 15 is 0 Å². The zero-order valence-corrected chi connectivity index (χ0v) is 28.9. The van der Waals surface area contributed by atoms with Crippen molar-refractivity contribution >= 4 is 75.2 Å². The van der Waals surface area contributed by atoms with E-state index in [1.54, 1.807) is 11.3 Å². The molecule has 0 atom stereocenters. The largest absolute Gasteiger partial charge is 0.344 e. The molecule has 0 aliphatic rings. The van der Waals surface area contributed by atoms with E-state index in [9.17, 15) is 0 Å². The minimum Gasteiger partial charge on any atom is -0.344 e. The molecule has 51 heavy (non-hydrogen) atoms. The van der Waals surface area contributed by atoms with E-state index in [0.29, 0.717) is 0 Å². The van der Waals surface area contributed by atoms with Crippen molar-refractivity contribution in [2.24, 2.45) is 0 Å². The molecule has 2 aromatic heterocycles. The molecular weight excluding hydrogens is 637 g/mol. The highest BCUT2D eigenvalue weighted by Gasteiger charge is 2.15. The van der Waals surface area contributed by atoms with Gasteiger partial charge in [-0.1, -0.05) is 127 Å². The Morgan fingerprint density at radius 1 is 0.412 bits per heavy atom. The lowest BCUT2D eigenvalue weighted by molar-refractivity contribution is 1.21. The Balaban J connectivity index is 1.05. The second-order valence-corrected chi connectivity index (χ2v) is 14.3. The molecule has 2 heterocycles. The predicted molar refractivity (Wildman–Crippen MR) is 220 cm³/mol. The standard InChI is InChI=1S/C48H32N2S/c1-50(46-21-10-9-16-36(46)31-12-3-2-4-13-31)35-23-25-47-43(28-35)44-29-45(49-30-48(44)51-47)34-15-11-14-32(26-34)33-22-24-41-39-19-6-5-17-37(39)38-18-7-8-20-40(38)42(41)27-33/h2-30H,1H3. The van der Waals surface area contributed by atoms with Crippen LogP contribution in [0.4, 0.5) is 11.4 Å². The fourth-order valence-corrected chi connectivity index (χ4v) is 8.79. The number of fused-ring (bicyclic) bond motifs is 9. The number of benzene rings is 8. The number of anilines is 2. The lowest BCUT2D eigenvalue weighted by Crippen LogP contribution is -2.10. The Hall–Kier alpha value is -6.29. The molecule has 10 aromatic rings. The van der Waals surface area contributed by atoms with Gasteiger partial charge in [0, 0.05) is 51.2 Å². The molecule has 0 saturated heterocycles. The molecule has 0 N–H and O–H groups in total. The fraction of sp³-hybridized carbons (Fsp3) is 0.0208. The van der Waals surface area contributed by atoms with Crippen LogP contribution in [0.1, 0.15) is 0 Å². The van der Waals surface area contributed by atoms with E-state index in [-0.39, 0.29) is 0 Å². The third-order valence-electron chi connectivity index (χ3n) is 10.3. The van der Waals surface area contributed by atoms with Gasteiger partial charge in [0.25, 0.3) is 0 Å². The summed E-state index contributed by atoms with van der Waals surface area (Å²) in [5.41, 5.74) is 9.25. The van der Waals surface area contributed by atoms with Crippen molar-refractivity contribution in [2.45, 2.75) is 0 Å². The van der Waals surface area contributed by atoms with Crippen molar-refractivity contribution in [3.63, 3.8) is 0 Å². The van der Waals surface area contributed by atoms with E-state index in [1.165, 1.54) is 80.4 Å². The van der Waals surface area contributed by atoms with Crippen molar-refractivity contribution in [3.05, 3.63) is 176 Å². The molecule has 0 aliphatic heterocycles. The first kappa shape index (κ1) is 29.6. The van der Waals surface area contributed by atoms with Gasteiger partial charge in [-0.3, -0.25) is 4.98 Å². The number of nitrogens with zero attached hydrogens (tertiary/aromatic N) is 2. The Morgan fingerprint density at radius 3 is 1.80 bits per heavy atom. The molecule has 0 spiro atoms. The van der Waals surface area contributed by atoms with Gasteiger partial charge < -0.3 is 4.90 Å². The van der Waals surface area contributed by atoms with Gasteiger partial charge in [0.1, 0.15) is 0 Å². The van der Waals surface area contributed by atoms with Crippen LogP contribution in [0.25, 0.3) is 86.0 Å². The monoisotopic (exact) mass is 668 g/mol. The van der Waals surface area contributed by atoms with Gasteiger partial charge in [-0.2, -0.15) is 0 Å². The van der Waals surface area contributed by atoms with Gasteiger partial charge >= 0.3 is 0 Å². The first-order valence-corrected chi connectivity index (χ1v) is 18.2. The Bertz CT molecular complexity index is 2910. The topological polar surface area (TPSA) is 16.1 Å². The molecule has 10 rings (SSSR count). The van der Waals surface area contributed by atoms with Crippen molar-refractivity contribution < 1.29 is 0 Å². The molecule has 0 unspecified atom stereocenters. The summed E-state index contributed by atoms with van der Waals surface area (Å²) >= 11 is 1.80. The first-order valence-electron chi connectivity index (χ1n) is 17.3. The predicted octanol–water partition coefficient (Wildman–Crippen LogP) is 13.7. The summed E-state index contributed by atoms with van der Waals surface area (Å²) in [6, 6.07) is 61.6. The van der Waals surface area contributed by atoms with Crippen LogP contribution >= 0.6 is 11.3 Å². The summed E-state index contributed by atoms with van der Waals surface area (Å²) in [5.74, 6) is 0. The second kappa shape index (κ2) is 11.9. The van der Waals surface area contributed by atoms with Gasteiger partial charge in [-0.25, -0.2) is 0 Å². The maximum absolute atomic E-state index is 4.98. The number of para-hydroxylation sites is 1. The first-order chi connectivity index (χ1) is 25.2. The summed E-state index contributed by atoms with van der Waals surface area (Å²) in [6.07, 6.45) is 2.05. The summed E-state index contributed by atoms with van der Waals surface area (Å²) < 4.78 is 2.46. The smallest absolute Gasteiger partial charge is 0.0709 e. The average molecular weight is 669 g/mol. The molecule has 8 aromatic carbocycles. The Labute approximate surface area is 300 Å². The van der Waals surface area contributed by atoms with Gasteiger partial charge in [0.15, 0.2) is 0 Å². The Kier molecular flexibility index (Phi) is 6.93. The lowest BCUT2D eigenvalue weighted by Gasteiger charge is -2.23. The van der Waals surface area contributed by atoms with Crippen LogP contribution in [0.15, 0.2) is 176 Å². The highest BCUT2D eigenvalue weighted by molar-refractivity contribution is 7.25. The van der Waals surface area contributed by atoms with Crippen molar-refractivity contribution in [1.82, 2.24) is 4.98 Å². The van der Waals surface area contributed by atoms with Crippen LogP contribution < -0.4 is 4.90 Å². The zero-order chi connectivity index (χ0) is 33.9. The fourth-order valence-electron chi connectivity index (χ4n) is 7.75. The summed E-state index contributed by atoms with van der Waals surface area (Å²) in [4.78, 5) is 7.28. The van der Waals surface area contributed by atoms with Crippen LogP contribution in [-0.2, 0) is 0 Å². The van der Waals surface area contributed by atoms with E-state index < -0.39 is 0 Å². The quantitative estimate of drug-likeness (QED) is 0.170. The number of rotatable bonds is 5. The molecule has 0 bridgehead atoms. The maximum atomic E-state index is 4.98. The average Bonchev–Trinajstić information content (AvgIpc) is 3.58. The van der Waals surface area contributed by atoms with E-state index in [1.807, 2.05) is 6.20 Å². The number of hydrogen-bond donors (Lipinski definition) is 0. The van der Waals surface area contributed by atoms with Gasteiger partial charge in [-0.05, 0) is 91.5 Å². The summed E-state index contributed by atoms with van der Waals surface area (Å²) in [7, 11) is 2.16. The Morgan fingerprint density at radius 2 is 1.02 bits per heavy atom. The van der Waals surface area contributed by atoms with Gasteiger partial charge in [0.2, 0.25) is 0 Å². The SMILES string of the molecule is CN(c1ccc2sc3cnc(-c4cccc(-c5ccc6c7ccccc7c7ccccc7c6c5)c4)cc3c2c1)c1ccccc1-c1ccccc1. The molecule has 0 radical (unpaired) electrons. The van der Waals surface area contributed by atoms with E-state index in [0.717, 1.165) is 16.9 Å². The van der Waals surface area contributed by atoms with Crippen LogP contribution in [0.2, 0.25) is 0 Å². The van der Waals surface area contributed by atoms with Crippen LogP contribution in [0.5, 0.6) is 0 Å². The normalized spacial score (nSPS) is 11.6. The molecule has 0 amide bonds. The van der Waals surface area contributed by atoms with Crippen molar-refractivity contribution in [1.29, 1.82) is 0 Å². The van der Waals surface area contributed by atoms with Crippen LogP contribution in [0, 0.1) is 0 Å². The summed E-state index contributed by atoms with van der Waals surface area (Å²) in [5, 5.41) is 10.2. The second-order valence-electron chi connectivity index (χ2n) is 13.2. The molecule has 0 saturated carbocycles. The highest BCUT2D eigenvalue weighted by atomic mass is 32.1. The van der Waals surface area contributed by atoms with E-state index in [4.69, 9.17) is 4.98 Å². The van der Waals surface area contributed by atoms with Crippen LogP contribution in [-0.4, -0.2) is 12.0 Å². The van der Waals surface area contributed by atoms with Crippen molar-refractivity contribution in [2.75, 3.05) is 11.9 Å². The molecular formula is C48H32N2S. The molecule has 3 heteroatoms. The summed E-state index contributed by atoms with van der Waals surface area (Å²) in [6.45, 7) is 0. The number of hydrogen-bond acceptors (Lipinski definition) is 3. The number of thiophene rings is 1. The molecule has 0 fully saturated rings. The zero-order valence-electron chi connectivity index (χ0n) is 28.0. The molecule has 240 valence electrons. The van der Waals surface area contributed by atoms with Gasteiger partial charge in [-0.15, -0.1) is 11.3 Å². The minimum atomic E-state index is 0.981. The number of pyridine rings is 1. The van der Waals surface area contributed by atoms with Crippen LogP contribution in [0.3, 0.4) is 0 Å². The lowest BCUT2D eigenvalue weighted by atomic mass is 9.91. The third-order valence-corrected chi connectivity index (χ3v) is 11.4. The van der Waals surface area contributed by atoms with E-state index in [2.05, 4.69) is 182 Å².